The molecule has 1 unspecified atom stereocenters. The summed E-state index contributed by atoms with van der Waals surface area (Å²) in [7, 11) is 4.14. The predicted octanol–water partition coefficient (Wildman–Crippen LogP) is 6.30. The van der Waals surface area contributed by atoms with Gasteiger partial charge in [-0.05, 0) is 54.5 Å². The van der Waals surface area contributed by atoms with Crippen molar-refractivity contribution in [2.24, 2.45) is 18.9 Å². The van der Waals surface area contributed by atoms with Crippen molar-refractivity contribution in [2.45, 2.75) is 46.6 Å². The average molecular weight is 496 g/mol. The highest BCUT2D eigenvalue weighted by molar-refractivity contribution is 6.32. The third-order valence-electron chi connectivity index (χ3n) is 6.79. The first-order valence-corrected chi connectivity index (χ1v) is 13.1. The van der Waals surface area contributed by atoms with Gasteiger partial charge in [-0.2, -0.15) is 0 Å². The van der Waals surface area contributed by atoms with Crippen LogP contribution in [0.15, 0.2) is 42.6 Å². The molecule has 1 amide bonds. The van der Waals surface area contributed by atoms with E-state index in [9.17, 15) is 4.79 Å². The first kappa shape index (κ1) is 25.4. The largest absolute Gasteiger partial charge is 0.492 e. The van der Waals surface area contributed by atoms with E-state index in [-0.39, 0.29) is 11.8 Å². The van der Waals surface area contributed by atoms with Crippen molar-refractivity contribution in [1.29, 1.82) is 0 Å². The maximum absolute atomic E-state index is 13.7. The molecule has 0 radical (unpaired) electrons. The minimum absolute atomic E-state index is 0.145. The van der Waals surface area contributed by atoms with E-state index < -0.39 is 0 Å². The Morgan fingerprint density at radius 1 is 1.14 bits per heavy atom. The summed E-state index contributed by atoms with van der Waals surface area (Å²) in [6.07, 6.45) is 5.18. The van der Waals surface area contributed by atoms with Gasteiger partial charge in [0.25, 0.3) is 0 Å². The van der Waals surface area contributed by atoms with Crippen LogP contribution in [0.3, 0.4) is 0 Å². The number of aryl methyl sites for hydroxylation is 2. The molecule has 1 aliphatic heterocycles. The van der Waals surface area contributed by atoms with E-state index in [0.717, 1.165) is 41.8 Å². The molecule has 0 fully saturated rings. The molecule has 2 aromatic carbocycles. The molecule has 0 saturated carbocycles. The van der Waals surface area contributed by atoms with Gasteiger partial charge in [-0.15, -0.1) is 0 Å². The number of aromatic nitrogens is 1. The van der Waals surface area contributed by atoms with Crippen LogP contribution in [0.25, 0.3) is 10.9 Å². The van der Waals surface area contributed by atoms with Gasteiger partial charge in [0, 0.05) is 45.3 Å². The number of ether oxygens (including phenoxy) is 1. The van der Waals surface area contributed by atoms with Gasteiger partial charge in [-0.1, -0.05) is 50.6 Å². The average Bonchev–Trinajstić information content (AvgIpc) is 3.03. The van der Waals surface area contributed by atoms with Crippen molar-refractivity contribution in [3.05, 3.63) is 58.7 Å². The van der Waals surface area contributed by atoms with Crippen LogP contribution in [0.1, 0.15) is 44.7 Å². The Morgan fingerprint density at radius 3 is 2.71 bits per heavy atom. The molecule has 2 heterocycles. The molecule has 1 aromatic heterocycles. The van der Waals surface area contributed by atoms with Crippen LogP contribution in [0.4, 0.5) is 5.69 Å². The number of fused-ring (bicyclic) bond motifs is 2. The second-order valence-electron chi connectivity index (χ2n) is 10.4. The Hall–Kier alpha value is -2.66. The molecule has 1 aliphatic rings. The SMILES string of the molecule is CC(C)CN(Cc1cc(Cl)c2c(c1)CCCCO2)C(=O)C(C)CN(C)c1cccc2ccn(C)c12. The van der Waals surface area contributed by atoms with E-state index in [1.54, 1.807) is 0 Å². The number of hydrogen-bond acceptors (Lipinski definition) is 3. The highest BCUT2D eigenvalue weighted by Gasteiger charge is 2.25. The third-order valence-corrected chi connectivity index (χ3v) is 7.08. The molecule has 6 heteroatoms. The normalized spacial score (nSPS) is 14.4. The maximum atomic E-state index is 13.7. The Bertz CT molecular complexity index is 1190. The fraction of sp³-hybridized carbons (Fsp3) is 0.483. The highest BCUT2D eigenvalue weighted by atomic mass is 35.5. The van der Waals surface area contributed by atoms with E-state index in [1.165, 1.54) is 10.9 Å². The van der Waals surface area contributed by atoms with E-state index in [1.807, 2.05) is 17.9 Å². The van der Waals surface area contributed by atoms with Crippen LogP contribution in [-0.4, -0.2) is 42.1 Å². The summed E-state index contributed by atoms with van der Waals surface area (Å²) in [6, 6.07) is 12.6. The topological polar surface area (TPSA) is 37.7 Å². The van der Waals surface area contributed by atoms with Crippen molar-refractivity contribution < 1.29 is 9.53 Å². The Labute approximate surface area is 214 Å². The van der Waals surface area contributed by atoms with Gasteiger partial charge >= 0.3 is 0 Å². The lowest BCUT2D eigenvalue weighted by Gasteiger charge is -2.30. The molecule has 35 heavy (non-hydrogen) atoms. The molecule has 0 spiro atoms. The number of carbonyl (C=O) groups is 1. The number of para-hydroxylation sites is 1. The Morgan fingerprint density at radius 2 is 1.94 bits per heavy atom. The summed E-state index contributed by atoms with van der Waals surface area (Å²) in [5.41, 5.74) is 4.56. The molecule has 0 saturated heterocycles. The van der Waals surface area contributed by atoms with Crippen molar-refractivity contribution in [2.75, 3.05) is 31.6 Å². The quantitative estimate of drug-likeness (QED) is 0.368. The van der Waals surface area contributed by atoms with E-state index in [2.05, 4.69) is 73.9 Å². The van der Waals surface area contributed by atoms with E-state index >= 15 is 0 Å². The number of rotatable bonds is 8. The molecular weight excluding hydrogens is 458 g/mol. The minimum atomic E-state index is -0.145. The van der Waals surface area contributed by atoms with Crippen LogP contribution in [0.5, 0.6) is 5.75 Å². The van der Waals surface area contributed by atoms with Crippen molar-refractivity contribution >= 4 is 34.1 Å². The molecule has 3 aromatic rings. The number of halogens is 1. The van der Waals surface area contributed by atoms with Crippen LogP contribution >= 0.6 is 11.6 Å². The van der Waals surface area contributed by atoms with E-state index in [4.69, 9.17) is 16.3 Å². The zero-order chi connectivity index (χ0) is 25.1. The second kappa shape index (κ2) is 10.9. The molecular formula is C29H38ClN3O2. The van der Waals surface area contributed by atoms with Gasteiger partial charge < -0.3 is 19.1 Å². The first-order chi connectivity index (χ1) is 16.7. The number of benzene rings is 2. The van der Waals surface area contributed by atoms with Gasteiger partial charge in [-0.3, -0.25) is 4.79 Å². The summed E-state index contributed by atoms with van der Waals surface area (Å²) in [4.78, 5) is 17.9. The zero-order valence-electron chi connectivity index (χ0n) is 21.7. The van der Waals surface area contributed by atoms with Crippen LogP contribution in [0.2, 0.25) is 5.02 Å². The molecule has 188 valence electrons. The molecule has 1 atom stereocenters. The monoisotopic (exact) mass is 495 g/mol. The second-order valence-corrected chi connectivity index (χ2v) is 10.8. The Balaban J connectivity index is 1.52. The lowest BCUT2D eigenvalue weighted by atomic mass is 10.0. The molecule has 0 N–H and O–H groups in total. The first-order valence-electron chi connectivity index (χ1n) is 12.7. The van der Waals surface area contributed by atoms with Gasteiger partial charge in [0.15, 0.2) is 0 Å². The van der Waals surface area contributed by atoms with Crippen molar-refractivity contribution in [1.82, 2.24) is 9.47 Å². The Kier molecular flexibility index (Phi) is 7.95. The summed E-state index contributed by atoms with van der Waals surface area (Å²) in [5.74, 6) is 1.22. The van der Waals surface area contributed by atoms with Gasteiger partial charge in [0.1, 0.15) is 5.75 Å². The maximum Gasteiger partial charge on any atom is 0.227 e. The van der Waals surface area contributed by atoms with Crippen LogP contribution in [-0.2, 0) is 24.8 Å². The van der Waals surface area contributed by atoms with Crippen LogP contribution < -0.4 is 9.64 Å². The minimum Gasteiger partial charge on any atom is -0.492 e. The molecule has 4 rings (SSSR count). The smallest absolute Gasteiger partial charge is 0.227 e. The fourth-order valence-corrected chi connectivity index (χ4v) is 5.49. The lowest BCUT2D eigenvalue weighted by molar-refractivity contribution is -0.135. The molecule has 0 aliphatic carbocycles. The summed E-state index contributed by atoms with van der Waals surface area (Å²) < 4.78 is 8.03. The molecule has 0 bridgehead atoms. The van der Waals surface area contributed by atoms with Gasteiger partial charge in [0.2, 0.25) is 5.91 Å². The van der Waals surface area contributed by atoms with Gasteiger partial charge in [0.05, 0.1) is 28.8 Å². The number of amides is 1. The summed E-state index contributed by atoms with van der Waals surface area (Å²) >= 11 is 6.60. The standard InChI is InChI=1S/C29H38ClN3O2/c1-20(2)17-33(19-22-15-24-9-6-7-14-35-28(24)25(30)16-22)29(34)21(3)18-32(5)26-11-8-10-23-12-13-31(4)27(23)26/h8,10-13,15-16,20-21H,6-7,9,14,17-19H2,1-5H3. The summed E-state index contributed by atoms with van der Waals surface area (Å²) in [6.45, 7) is 8.99. The van der Waals surface area contributed by atoms with E-state index in [0.29, 0.717) is 37.2 Å². The number of hydrogen-bond donors (Lipinski definition) is 0. The highest BCUT2D eigenvalue weighted by Crippen LogP contribution is 2.34. The number of anilines is 1. The third kappa shape index (κ3) is 5.78. The number of nitrogens with zero attached hydrogens (tertiary/aromatic N) is 3. The van der Waals surface area contributed by atoms with Crippen molar-refractivity contribution in [3.8, 4) is 5.75 Å². The van der Waals surface area contributed by atoms with Gasteiger partial charge in [-0.25, -0.2) is 0 Å². The fourth-order valence-electron chi connectivity index (χ4n) is 5.18. The summed E-state index contributed by atoms with van der Waals surface area (Å²) in [5, 5.41) is 1.86. The van der Waals surface area contributed by atoms with Crippen molar-refractivity contribution in [3.63, 3.8) is 0 Å². The number of carbonyl (C=O) groups excluding carboxylic acids is 1. The molecule has 5 nitrogen and oxygen atoms in total. The lowest BCUT2D eigenvalue weighted by Crippen LogP contribution is -2.41. The van der Waals surface area contributed by atoms with Crippen LogP contribution in [0, 0.1) is 11.8 Å². The zero-order valence-corrected chi connectivity index (χ0v) is 22.4. The predicted molar refractivity (Wildman–Crippen MR) is 145 cm³/mol.